The summed E-state index contributed by atoms with van der Waals surface area (Å²) in [5.74, 6) is -0.600. The second-order valence-electron chi connectivity index (χ2n) is 5.03. The van der Waals surface area contributed by atoms with E-state index in [9.17, 15) is 14.7 Å². The molecule has 0 spiro atoms. The van der Waals surface area contributed by atoms with Crippen LogP contribution in [0.15, 0.2) is 12.3 Å². The maximum Gasteiger partial charge on any atom is 0.308 e. The summed E-state index contributed by atoms with van der Waals surface area (Å²) in [6.45, 7) is 0.922. The first kappa shape index (κ1) is 11.6. The van der Waals surface area contributed by atoms with Crippen LogP contribution in [0.4, 0.5) is 0 Å². The monoisotopic (exact) mass is 266 g/mol. The Labute approximate surface area is 109 Å². The quantitative estimate of drug-likeness (QED) is 0.896. The van der Waals surface area contributed by atoms with Crippen LogP contribution >= 0.6 is 11.5 Å². The van der Waals surface area contributed by atoms with Crippen LogP contribution in [-0.2, 0) is 4.79 Å². The van der Waals surface area contributed by atoms with Crippen molar-refractivity contribution in [2.45, 2.75) is 12.8 Å². The van der Waals surface area contributed by atoms with Gasteiger partial charge in [0.1, 0.15) is 4.88 Å². The number of rotatable bonds is 3. The molecule has 96 valence electrons. The van der Waals surface area contributed by atoms with Crippen LogP contribution in [0, 0.1) is 17.8 Å². The maximum atomic E-state index is 12.2. The van der Waals surface area contributed by atoms with Gasteiger partial charge in [-0.2, -0.15) is 0 Å². The summed E-state index contributed by atoms with van der Waals surface area (Å²) in [5, 5.41) is 9.24. The molecule has 18 heavy (non-hydrogen) atoms. The minimum absolute atomic E-state index is 0.0769. The van der Waals surface area contributed by atoms with E-state index in [1.54, 1.807) is 17.2 Å². The second kappa shape index (κ2) is 4.35. The number of carboxylic acids is 1. The van der Waals surface area contributed by atoms with Crippen molar-refractivity contribution in [3.63, 3.8) is 0 Å². The van der Waals surface area contributed by atoms with Gasteiger partial charge in [0.25, 0.3) is 5.91 Å². The lowest BCUT2D eigenvalue weighted by atomic mass is 9.92. The zero-order valence-corrected chi connectivity index (χ0v) is 10.6. The van der Waals surface area contributed by atoms with E-state index in [4.69, 9.17) is 0 Å². The topological polar surface area (TPSA) is 70.5 Å². The molecule has 2 atom stereocenters. The molecule has 0 aromatic carbocycles. The molecular formula is C12H14N2O3S. The van der Waals surface area contributed by atoms with Crippen LogP contribution < -0.4 is 0 Å². The number of aliphatic carboxylic acids is 1. The van der Waals surface area contributed by atoms with Crippen molar-refractivity contribution < 1.29 is 14.7 Å². The van der Waals surface area contributed by atoms with Gasteiger partial charge in [-0.05, 0) is 42.3 Å². The summed E-state index contributed by atoms with van der Waals surface area (Å²) in [6, 6.07) is 1.69. The Hall–Kier alpha value is -1.43. The average molecular weight is 266 g/mol. The third-order valence-electron chi connectivity index (χ3n) is 3.85. The van der Waals surface area contributed by atoms with Gasteiger partial charge < -0.3 is 10.0 Å². The number of carbonyl (C=O) groups excluding carboxylic acids is 1. The van der Waals surface area contributed by atoms with Gasteiger partial charge in [0.2, 0.25) is 0 Å². The van der Waals surface area contributed by atoms with Crippen LogP contribution in [0.25, 0.3) is 0 Å². The summed E-state index contributed by atoms with van der Waals surface area (Å²) >= 11 is 1.16. The van der Waals surface area contributed by atoms with Crippen molar-refractivity contribution in [3.8, 4) is 0 Å². The fourth-order valence-corrected chi connectivity index (χ4v) is 3.30. The highest BCUT2D eigenvalue weighted by atomic mass is 32.1. The molecule has 3 rings (SSSR count). The largest absolute Gasteiger partial charge is 0.481 e. The Balaban J connectivity index is 1.75. The van der Waals surface area contributed by atoms with Gasteiger partial charge in [-0.3, -0.25) is 9.59 Å². The molecule has 1 aromatic heterocycles. The van der Waals surface area contributed by atoms with E-state index < -0.39 is 11.9 Å². The van der Waals surface area contributed by atoms with E-state index in [0.29, 0.717) is 23.9 Å². The van der Waals surface area contributed by atoms with Crippen LogP contribution in [-0.4, -0.2) is 39.3 Å². The SMILES string of the molecule is O=C(O)[C@@H]1CN(C(=O)c2ccns2)C[C@H]1C1CC1. The van der Waals surface area contributed by atoms with Gasteiger partial charge in [-0.25, -0.2) is 4.37 Å². The Morgan fingerprint density at radius 1 is 1.39 bits per heavy atom. The van der Waals surface area contributed by atoms with Crippen LogP contribution in [0.2, 0.25) is 0 Å². The van der Waals surface area contributed by atoms with E-state index in [-0.39, 0.29) is 11.8 Å². The summed E-state index contributed by atoms with van der Waals surface area (Å²) in [4.78, 5) is 25.7. The predicted octanol–water partition coefficient (Wildman–Crippen LogP) is 1.33. The highest BCUT2D eigenvalue weighted by Gasteiger charge is 2.47. The molecule has 2 heterocycles. The van der Waals surface area contributed by atoms with Gasteiger partial charge in [-0.15, -0.1) is 0 Å². The number of carboxylic acid groups (broad SMARTS) is 1. The third-order valence-corrected chi connectivity index (χ3v) is 4.58. The molecule has 1 aliphatic carbocycles. The molecule has 1 amide bonds. The fourth-order valence-electron chi connectivity index (χ4n) is 2.74. The average Bonchev–Trinajstić information content (AvgIpc) is 2.91. The Kier molecular flexibility index (Phi) is 2.81. The number of likely N-dealkylation sites (tertiary alicyclic amines) is 1. The number of aromatic nitrogens is 1. The highest BCUT2D eigenvalue weighted by Crippen LogP contribution is 2.44. The van der Waals surface area contributed by atoms with E-state index in [1.807, 2.05) is 0 Å². The number of nitrogens with zero attached hydrogens (tertiary/aromatic N) is 2. The fraction of sp³-hybridized carbons (Fsp3) is 0.583. The smallest absolute Gasteiger partial charge is 0.308 e. The molecule has 0 bridgehead atoms. The van der Waals surface area contributed by atoms with Gasteiger partial charge in [0.05, 0.1) is 5.92 Å². The molecule has 1 aromatic rings. The Bertz CT molecular complexity index is 470. The minimum atomic E-state index is -0.772. The number of hydrogen-bond donors (Lipinski definition) is 1. The van der Waals surface area contributed by atoms with E-state index in [2.05, 4.69) is 4.37 Å². The standard InChI is InChI=1S/C12H14N2O3S/c15-11(10-3-4-13-18-10)14-5-8(7-1-2-7)9(6-14)12(16)17/h3-4,7-9H,1-2,5-6H2,(H,16,17)/t8-,9+/m0/s1. The first-order valence-corrected chi connectivity index (χ1v) is 6.87. The zero-order valence-electron chi connectivity index (χ0n) is 9.78. The third kappa shape index (κ3) is 2.01. The lowest BCUT2D eigenvalue weighted by Gasteiger charge is -2.14. The summed E-state index contributed by atoms with van der Waals surface area (Å²) < 4.78 is 3.91. The minimum Gasteiger partial charge on any atom is -0.481 e. The van der Waals surface area contributed by atoms with Crippen molar-refractivity contribution in [2.75, 3.05) is 13.1 Å². The molecule has 0 unspecified atom stereocenters. The molecule has 1 saturated carbocycles. The molecule has 5 nitrogen and oxygen atoms in total. The molecule has 2 fully saturated rings. The van der Waals surface area contributed by atoms with Gasteiger partial charge in [0, 0.05) is 19.3 Å². The Morgan fingerprint density at radius 3 is 2.72 bits per heavy atom. The van der Waals surface area contributed by atoms with E-state index in [1.165, 1.54) is 0 Å². The van der Waals surface area contributed by atoms with Crippen molar-refractivity contribution in [1.29, 1.82) is 0 Å². The van der Waals surface area contributed by atoms with Gasteiger partial charge in [0.15, 0.2) is 0 Å². The van der Waals surface area contributed by atoms with Crippen molar-refractivity contribution in [3.05, 3.63) is 17.1 Å². The first-order chi connectivity index (χ1) is 8.66. The summed E-state index contributed by atoms with van der Waals surface area (Å²) in [5.41, 5.74) is 0. The molecular weight excluding hydrogens is 252 g/mol. The first-order valence-electron chi connectivity index (χ1n) is 6.09. The lowest BCUT2D eigenvalue weighted by Crippen LogP contribution is -2.29. The summed E-state index contributed by atoms with van der Waals surface area (Å²) in [7, 11) is 0. The van der Waals surface area contributed by atoms with Gasteiger partial charge >= 0.3 is 5.97 Å². The van der Waals surface area contributed by atoms with Crippen LogP contribution in [0.1, 0.15) is 22.5 Å². The number of amides is 1. The lowest BCUT2D eigenvalue weighted by molar-refractivity contribution is -0.142. The predicted molar refractivity (Wildman–Crippen MR) is 65.4 cm³/mol. The Morgan fingerprint density at radius 2 is 2.17 bits per heavy atom. The summed E-state index contributed by atoms with van der Waals surface area (Å²) in [6.07, 6.45) is 3.81. The van der Waals surface area contributed by atoms with E-state index >= 15 is 0 Å². The van der Waals surface area contributed by atoms with Gasteiger partial charge in [-0.1, -0.05) is 0 Å². The van der Waals surface area contributed by atoms with Crippen molar-refractivity contribution >= 4 is 23.4 Å². The van der Waals surface area contributed by atoms with E-state index in [0.717, 1.165) is 24.4 Å². The number of hydrogen-bond acceptors (Lipinski definition) is 4. The maximum absolute atomic E-state index is 12.2. The molecule has 2 aliphatic rings. The molecule has 1 saturated heterocycles. The van der Waals surface area contributed by atoms with Crippen LogP contribution in [0.5, 0.6) is 0 Å². The molecule has 0 radical (unpaired) electrons. The molecule has 1 N–H and O–H groups in total. The van der Waals surface area contributed by atoms with Crippen molar-refractivity contribution in [2.24, 2.45) is 17.8 Å². The zero-order chi connectivity index (χ0) is 12.7. The molecule has 6 heteroatoms. The normalized spacial score (nSPS) is 27.4. The highest BCUT2D eigenvalue weighted by molar-refractivity contribution is 7.08. The molecule has 1 aliphatic heterocycles. The van der Waals surface area contributed by atoms with Crippen LogP contribution in [0.3, 0.4) is 0 Å². The van der Waals surface area contributed by atoms with Crippen molar-refractivity contribution in [1.82, 2.24) is 9.27 Å². The second-order valence-corrected chi connectivity index (χ2v) is 5.87. The number of carbonyl (C=O) groups is 2.